The minimum absolute atomic E-state index is 0.465. The summed E-state index contributed by atoms with van der Waals surface area (Å²) in [4.78, 5) is 4.03. The summed E-state index contributed by atoms with van der Waals surface area (Å²) in [6, 6.07) is 3.66. The van der Waals surface area contributed by atoms with Crippen molar-refractivity contribution < 1.29 is 9.47 Å². The van der Waals surface area contributed by atoms with Crippen molar-refractivity contribution in [1.82, 2.24) is 4.98 Å². The fraction of sp³-hybridized carbons (Fsp3) is 0.500. The molecular formula is C10H14ClNO2. The maximum absolute atomic E-state index is 5.77. The Morgan fingerprint density at radius 1 is 1.36 bits per heavy atom. The lowest BCUT2D eigenvalue weighted by Gasteiger charge is -2.05. The van der Waals surface area contributed by atoms with Crippen LogP contribution in [0, 0.1) is 6.92 Å². The lowest BCUT2D eigenvalue weighted by molar-refractivity contribution is 0.170. The Hall–Kier alpha value is -0.800. The van der Waals surface area contributed by atoms with Crippen LogP contribution in [0.25, 0.3) is 0 Å². The molecule has 1 heterocycles. The van der Waals surface area contributed by atoms with Crippen LogP contribution in [0.3, 0.4) is 0 Å². The van der Waals surface area contributed by atoms with Gasteiger partial charge in [-0.25, -0.2) is 4.98 Å². The number of rotatable bonds is 5. The Kier molecular flexibility index (Phi) is 4.70. The van der Waals surface area contributed by atoms with E-state index in [2.05, 4.69) is 4.98 Å². The van der Waals surface area contributed by atoms with Gasteiger partial charge in [0.05, 0.1) is 6.61 Å². The predicted octanol–water partition coefficient (Wildman–Crippen LogP) is 2.46. The fourth-order valence-electron chi connectivity index (χ4n) is 1.05. The number of hydrogen-bond donors (Lipinski definition) is 0. The standard InChI is InChI=1S/C10H14ClNO2/c1-8-6-9(11)12-10(7-8)14-5-3-4-13-2/h6-7H,3-5H2,1-2H3. The number of halogens is 1. The number of nitrogens with zero attached hydrogens (tertiary/aromatic N) is 1. The van der Waals surface area contributed by atoms with Gasteiger partial charge in [0, 0.05) is 26.2 Å². The molecule has 0 amide bonds. The quantitative estimate of drug-likeness (QED) is 0.559. The van der Waals surface area contributed by atoms with E-state index in [0.29, 0.717) is 24.2 Å². The van der Waals surface area contributed by atoms with Gasteiger partial charge in [-0.1, -0.05) is 11.6 Å². The van der Waals surface area contributed by atoms with Crippen LogP contribution in [0.5, 0.6) is 5.88 Å². The first kappa shape index (κ1) is 11.3. The zero-order valence-corrected chi connectivity index (χ0v) is 9.17. The van der Waals surface area contributed by atoms with Crippen LogP contribution in [0.4, 0.5) is 0 Å². The summed E-state index contributed by atoms with van der Waals surface area (Å²) in [7, 11) is 1.67. The van der Waals surface area contributed by atoms with Crippen LogP contribution in [0.1, 0.15) is 12.0 Å². The second kappa shape index (κ2) is 5.83. The molecule has 0 aliphatic heterocycles. The van der Waals surface area contributed by atoms with Gasteiger partial charge in [0.1, 0.15) is 5.15 Å². The Morgan fingerprint density at radius 3 is 2.79 bits per heavy atom. The monoisotopic (exact) mass is 215 g/mol. The van der Waals surface area contributed by atoms with Crippen molar-refractivity contribution >= 4 is 11.6 Å². The lowest BCUT2D eigenvalue weighted by atomic mass is 10.3. The SMILES string of the molecule is COCCCOc1cc(C)cc(Cl)n1. The van der Waals surface area contributed by atoms with Gasteiger partial charge in [-0.15, -0.1) is 0 Å². The molecular weight excluding hydrogens is 202 g/mol. The Balaban J connectivity index is 2.42. The summed E-state index contributed by atoms with van der Waals surface area (Å²) in [6.07, 6.45) is 0.851. The highest BCUT2D eigenvalue weighted by molar-refractivity contribution is 6.29. The van der Waals surface area contributed by atoms with Gasteiger partial charge in [0.2, 0.25) is 5.88 Å². The zero-order chi connectivity index (χ0) is 10.4. The van der Waals surface area contributed by atoms with Gasteiger partial charge >= 0.3 is 0 Å². The molecule has 14 heavy (non-hydrogen) atoms. The molecule has 1 aromatic heterocycles. The van der Waals surface area contributed by atoms with Gasteiger partial charge in [0.15, 0.2) is 0 Å². The molecule has 0 saturated heterocycles. The smallest absolute Gasteiger partial charge is 0.214 e. The molecule has 0 N–H and O–H groups in total. The molecule has 1 rings (SSSR count). The highest BCUT2D eigenvalue weighted by atomic mass is 35.5. The number of pyridine rings is 1. The summed E-state index contributed by atoms with van der Waals surface area (Å²) in [6.45, 7) is 3.25. The van der Waals surface area contributed by atoms with E-state index in [1.54, 1.807) is 13.2 Å². The summed E-state index contributed by atoms with van der Waals surface area (Å²) in [5.41, 5.74) is 1.05. The van der Waals surface area contributed by atoms with Gasteiger partial charge in [-0.05, 0) is 18.6 Å². The highest BCUT2D eigenvalue weighted by Crippen LogP contribution is 2.15. The first-order chi connectivity index (χ1) is 6.72. The van der Waals surface area contributed by atoms with Gasteiger partial charge in [-0.3, -0.25) is 0 Å². The molecule has 0 spiro atoms. The van der Waals surface area contributed by atoms with Crippen LogP contribution >= 0.6 is 11.6 Å². The van der Waals surface area contributed by atoms with Crippen LogP contribution in [-0.4, -0.2) is 25.3 Å². The molecule has 3 nitrogen and oxygen atoms in total. The minimum Gasteiger partial charge on any atom is -0.478 e. The van der Waals surface area contributed by atoms with E-state index >= 15 is 0 Å². The minimum atomic E-state index is 0.465. The summed E-state index contributed by atoms with van der Waals surface area (Å²) in [5.74, 6) is 0.575. The average molecular weight is 216 g/mol. The first-order valence-electron chi connectivity index (χ1n) is 4.48. The van der Waals surface area contributed by atoms with E-state index in [4.69, 9.17) is 21.1 Å². The Labute approximate surface area is 89.0 Å². The summed E-state index contributed by atoms with van der Waals surface area (Å²) < 4.78 is 10.3. The third-order valence-electron chi connectivity index (χ3n) is 1.66. The van der Waals surface area contributed by atoms with Crippen molar-refractivity contribution in [2.45, 2.75) is 13.3 Å². The second-order valence-electron chi connectivity index (χ2n) is 3.00. The van der Waals surface area contributed by atoms with E-state index in [9.17, 15) is 0 Å². The Morgan fingerprint density at radius 2 is 2.14 bits per heavy atom. The molecule has 4 heteroatoms. The maximum atomic E-state index is 5.77. The van der Waals surface area contributed by atoms with Crippen molar-refractivity contribution in [2.24, 2.45) is 0 Å². The van der Waals surface area contributed by atoms with Crippen LogP contribution in [0.15, 0.2) is 12.1 Å². The van der Waals surface area contributed by atoms with E-state index < -0.39 is 0 Å². The Bertz CT molecular complexity index is 271. The van der Waals surface area contributed by atoms with Gasteiger partial charge < -0.3 is 9.47 Å². The molecule has 0 bridgehead atoms. The molecule has 0 unspecified atom stereocenters. The van der Waals surface area contributed by atoms with E-state index in [0.717, 1.165) is 12.0 Å². The molecule has 0 atom stereocenters. The number of hydrogen-bond acceptors (Lipinski definition) is 3. The molecule has 78 valence electrons. The van der Waals surface area contributed by atoms with Crippen molar-refractivity contribution in [1.29, 1.82) is 0 Å². The molecule has 0 aromatic carbocycles. The summed E-state index contributed by atoms with van der Waals surface area (Å²) >= 11 is 5.77. The number of ether oxygens (including phenoxy) is 2. The van der Waals surface area contributed by atoms with E-state index in [1.165, 1.54) is 0 Å². The number of aryl methyl sites for hydroxylation is 1. The third kappa shape index (κ3) is 3.94. The van der Waals surface area contributed by atoms with Crippen molar-refractivity contribution in [3.63, 3.8) is 0 Å². The van der Waals surface area contributed by atoms with Gasteiger partial charge in [-0.2, -0.15) is 0 Å². The van der Waals surface area contributed by atoms with Crippen molar-refractivity contribution in [3.05, 3.63) is 22.8 Å². The van der Waals surface area contributed by atoms with E-state index in [1.807, 2.05) is 13.0 Å². The molecule has 0 aliphatic rings. The second-order valence-corrected chi connectivity index (χ2v) is 3.39. The molecule has 0 radical (unpaired) electrons. The predicted molar refractivity (Wildman–Crippen MR) is 56.0 cm³/mol. The molecule has 0 aliphatic carbocycles. The topological polar surface area (TPSA) is 31.4 Å². The normalized spacial score (nSPS) is 10.2. The van der Waals surface area contributed by atoms with Crippen molar-refractivity contribution in [2.75, 3.05) is 20.3 Å². The number of aromatic nitrogens is 1. The summed E-state index contributed by atoms with van der Waals surface area (Å²) in [5, 5.41) is 0.465. The largest absolute Gasteiger partial charge is 0.478 e. The van der Waals surface area contributed by atoms with E-state index in [-0.39, 0.29) is 0 Å². The average Bonchev–Trinajstić information content (AvgIpc) is 2.11. The maximum Gasteiger partial charge on any atom is 0.214 e. The van der Waals surface area contributed by atoms with Crippen LogP contribution < -0.4 is 4.74 Å². The molecule has 0 fully saturated rings. The highest BCUT2D eigenvalue weighted by Gasteiger charge is 1.98. The van der Waals surface area contributed by atoms with Gasteiger partial charge in [0.25, 0.3) is 0 Å². The third-order valence-corrected chi connectivity index (χ3v) is 1.85. The van der Waals surface area contributed by atoms with Crippen LogP contribution in [-0.2, 0) is 4.74 Å². The van der Waals surface area contributed by atoms with Crippen molar-refractivity contribution in [3.8, 4) is 5.88 Å². The first-order valence-corrected chi connectivity index (χ1v) is 4.86. The lowest BCUT2D eigenvalue weighted by Crippen LogP contribution is -2.02. The molecule has 1 aromatic rings. The van der Waals surface area contributed by atoms with Crippen LogP contribution in [0.2, 0.25) is 5.15 Å². The zero-order valence-electron chi connectivity index (χ0n) is 8.42. The number of methoxy groups -OCH3 is 1. The fourth-order valence-corrected chi connectivity index (χ4v) is 1.30. The molecule has 0 saturated carbocycles.